The number of methoxy groups -OCH3 is 2. The molecule has 1 aliphatic heterocycles. The maximum Gasteiger partial charge on any atom is 0.247 e. The molecule has 0 saturated heterocycles. The molecule has 0 spiro atoms. The van der Waals surface area contributed by atoms with Crippen molar-refractivity contribution in [2.75, 3.05) is 33.3 Å². The van der Waals surface area contributed by atoms with E-state index in [1.54, 1.807) is 25.3 Å². The first-order chi connectivity index (χ1) is 17.5. The quantitative estimate of drug-likeness (QED) is 0.505. The van der Waals surface area contributed by atoms with E-state index in [9.17, 15) is 9.59 Å². The number of carbonyl (C=O) groups excluding carboxylic acids is 2. The maximum absolute atomic E-state index is 13.8. The smallest absolute Gasteiger partial charge is 0.247 e. The highest BCUT2D eigenvalue weighted by molar-refractivity contribution is 6.27. The third kappa shape index (κ3) is 5.98. The van der Waals surface area contributed by atoms with Gasteiger partial charge in [0, 0.05) is 6.04 Å². The minimum absolute atomic E-state index is 0.0722. The summed E-state index contributed by atoms with van der Waals surface area (Å²) in [6, 6.07) is 11.7. The molecule has 194 valence electrons. The lowest BCUT2D eigenvalue weighted by molar-refractivity contribution is -0.141. The van der Waals surface area contributed by atoms with Gasteiger partial charge in [0.05, 0.1) is 20.8 Å². The van der Waals surface area contributed by atoms with Crippen LogP contribution in [0, 0.1) is 0 Å². The molecule has 2 aromatic rings. The van der Waals surface area contributed by atoms with Crippen LogP contribution in [-0.4, -0.2) is 62.1 Å². The molecule has 1 saturated carbocycles. The number of rotatable bonds is 9. The summed E-state index contributed by atoms with van der Waals surface area (Å²) >= 11 is 6.04. The van der Waals surface area contributed by atoms with Crippen LogP contribution in [0.25, 0.3) is 0 Å². The Bertz CT molecular complexity index is 1060. The number of hydrogen-bond acceptors (Lipinski definition) is 6. The fraction of sp³-hybridized carbons (Fsp3) is 0.481. The summed E-state index contributed by atoms with van der Waals surface area (Å²) in [6.45, 7) is 0.364. The van der Waals surface area contributed by atoms with Crippen LogP contribution < -0.4 is 24.3 Å². The Kier molecular flexibility index (Phi) is 8.80. The van der Waals surface area contributed by atoms with E-state index in [0.29, 0.717) is 28.6 Å². The van der Waals surface area contributed by atoms with Crippen LogP contribution in [0.5, 0.6) is 23.0 Å². The molecule has 2 aromatic carbocycles. The molecule has 1 N–H and O–H groups in total. The first-order valence-electron chi connectivity index (χ1n) is 12.3. The molecule has 9 heteroatoms. The van der Waals surface area contributed by atoms with Gasteiger partial charge < -0.3 is 29.2 Å². The van der Waals surface area contributed by atoms with Crippen molar-refractivity contribution >= 4 is 23.4 Å². The van der Waals surface area contributed by atoms with E-state index < -0.39 is 12.1 Å². The average Bonchev–Trinajstić information content (AvgIpc) is 2.92. The van der Waals surface area contributed by atoms with Crippen LogP contribution in [0.1, 0.15) is 43.7 Å². The number of halogens is 1. The van der Waals surface area contributed by atoms with Crippen LogP contribution in [0.2, 0.25) is 0 Å². The van der Waals surface area contributed by atoms with E-state index in [-0.39, 0.29) is 36.9 Å². The number of ether oxygens (including phenoxy) is 4. The molecule has 1 heterocycles. The van der Waals surface area contributed by atoms with Crippen molar-refractivity contribution in [3.05, 3.63) is 48.0 Å². The molecule has 2 atom stereocenters. The number of benzene rings is 2. The van der Waals surface area contributed by atoms with Crippen LogP contribution in [0.15, 0.2) is 42.5 Å². The molecule has 0 radical (unpaired) electrons. The second-order valence-corrected chi connectivity index (χ2v) is 9.31. The largest absolute Gasteiger partial charge is 0.493 e. The minimum atomic E-state index is -0.932. The van der Waals surface area contributed by atoms with E-state index in [2.05, 4.69) is 5.32 Å². The number of hydrogen-bond donors (Lipinski definition) is 1. The number of alkyl halides is 1. The zero-order valence-corrected chi connectivity index (χ0v) is 21.5. The Morgan fingerprint density at radius 2 is 1.78 bits per heavy atom. The minimum Gasteiger partial charge on any atom is -0.493 e. The van der Waals surface area contributed by atoms with E-state index in [4.69, 9.17) is 30.5 Å². The third-order valence-electron chi connectivity index (χ3n) is 6.64. The molecular formula is C27H33ClN2O6. The van der Waals surface area contributed by atoms with Crippen LogP contribution in [0.3, 0.4) is 0 Å². The van der Waals surface area contributed by atoms with Gasteiger partial charge in [-0.05, 0) is 42.7 Å². The zero-order valence-electron chi connectivity index (χ0n) is 20.7. The fourth-order valence-corrected chi connectivity index (χ4v) is 4.98. The van der Waals surface area contributed by atoms with Gasteiger partial charge >= 0.3 is 0 Å². The highest BCUT2D eigenvalue weighted by atomic mass is 35.5. The highest BCUT2D eigenvalue weighted by Gasteiger charge is 2.36. The summed E-state index contributed by atoms with van der Waals surface area (Å²) in [6.07, 6.45) is 4.68. The Morgan fingerprint density at radius 3 is 2.47 bits per heavy atom. The third-order valence-corrected chi connectivity index (χ3v) is 6.87. The van der Waals surface area contributed by atoms with Gasteiger partial charge in [0.15, 0.2) is 29.1 Å². The van der Waals surface area contributed by atoms with Crippen molar-refractivity contribution in [3.63, 3.8) is 0 Å². The Labute approximate surface area is 216 Å². The summed E-state index contributed by atoms with van der Waals surface area (Å²) in [7, 11) is 3.08. The van der Waals surface area contributed by atoms with Gasteiger partial charge in [-0.15, -0.1) is 11.6 Å². The number of nitrogens with one attached hydrogen (secondary N) is 1. The van der Waals surface area contributed by atoms with Gasteiger partial charge in [0.1, 0.15) is 18.5 Å². The second kappa shape index (κ2) is 12.2. The molecule has 0 aromatic heterocycles. The number of para-hydroxylation sites is 2. The molecule has 2 aliphatic rings. The topological polar surface area (TPSA) is 86.3 Å². The molecule has 0 bridgehead atoms. The van der Waals surface area contributed by atoms with E-state index in [0.717, 1.165) is 25.7 Å². The van der Waals surface area contributed by atoms with Gasteiger partial charge in [-0.25, -0.2) is 0 Å². The summed E-state index contributed by atoms with van der Waals surface area (Å²) in [5, 5.41) is 3.18. The van der Waals surface area contributed by atoms with Crippen molar-refractivity contribution < 1.29 is 28.5 Å². The summed E-state index contributed by atoms with van der Waals surface area (Å²) < 4.78 is 22.8. The number of carbonyl (C=O) groups is 2. The van der Waals surface area contributed by atoms with E-state index >= 15 is 0 Å². The van der Waals surface area contributed by atoms with Gasteiger partial charge in [-0.3, -0.25) is 9.59 Å². The predicted molar refractivity (Wildman–Crippen MR) is 136 cm³/mol. The van der Waals surface area contributed by atoms with Crippen LogP contribution >= 0.6 is 11.6 Å². The Morgan fingerprint density at radius 1 is 1.06 bits per heavy atom. The standard InChI is InChI=1S/C27H33ClN2O6/c1-33-21-13-12-18(14-24(21)34-2)26(27(32)29-19-8-4-3-5-9-19)30(25(31)15-28)16-20-17-35-22-10-6-7-11-23(22)36-20/h6-7,10-14,19-20,26H,3-5,8-9,15-17H2,1-2H3,(H,29,32)/t20-,26-/m0/s1. The van der Waals surface area contributed by atoms with Crippen molar-refractivity contribution in [3.8, 4) is 23.0 Å². The normalized spacial score (nSPS) is 18.1. The summed E-state index contributed by atoms with van der Waals surface area (Å²) in [5.74, 6) is 1.34. The highest BCUT2D eigenvalue weighted by Crippen LogP contribution is 2.35. The van der Waals surface area contributed by atoms with E-state index in [1.165, 1.54) is 18.4 Å². The lowest BCUT2D eigenvalue weighted by Gasteiger charge is -2.36. The summed E-state index contributed by atoms with van der Waals surface area (Å²) in [5.41, 5.74) is 0.594. The van der Waals surface area contributed by atoms with Crippen molar-refractivity contribution in [2.45, 2.75) is 50.3 Å². The zero-order chi connectivity index (χ0) is 25.5. The SMILES string of the molecule is COc1ccc([C@@H](C(=O)NC2CCCCC2)N(C[C@H]2COc3ccccc3O2)C(=O)CCl)cc1OC. The lowest BCUT2D eigenvalue weighted by atomic mass is 9.94. The van der Waals surface area contributed by atoms with Crippen LogP contribution in [0.4, 0.5) is 0 Å². The van der Waals surface area contributed by atoms with Gasteiger partial charge in [0.2, 0.25) is 11.8 Å². The number of fused-ring (bicyclic) bond motifs is 1. The molecule has 1 aliphatic carbocycles. The summed E-state index contributed by atoms with van der Waals surface area (Å²) in [4.78, 5) is 28.4. The Hall–Kier alpha value is -3.13. The lowest BCUT2D eigenvalue weighted by Crippen LogP contribution is -2.51. The fourth-order valence-electron chi connectivity index (χ4n) is 4.82. The average molecular weight is 517 g/mol. The molecular weight excluding hydrogens is 484 g/mol. The molecule has 1 fully saturated rings. The van der Waals surface area contributed by atoms with Crippen molar-refractivity contribution in [1.82, 2.24) is 10.2 Å². The molecule has 2 amide bonds. The Balaban J connectivity index is 1.65. The first-order valence-corrected chi connectivity index (χ1v) is 12.8. The maximum atomic E-state index is 13.8. The van der Waals surface area contributed by atoms with Crippen LogP contribution in [-0.2, 0) is 9.59 Å². The molecule has 8 nitrogen and oxygen atoms in total. The van der Waals surface area contributed by atoms with Crippen molar-refractivity contribution in [1.29, 1.82) is 0 Å². The van der Waals surface area contributed by atoms with Gasteiger partial charge in [-0.1, -0.05) is 37.5 Å². The predicted octanol–water partition coefficient (Wildman–Crippen LogP) is 4.10. The van der Waals surface area contributed by atoms with Gasteiger partial charge in [0.25, 0.3) is 0 Å². The second-order valence-electron chi connectivity index (χ2n) is 9.04. The molecule has 0 unspecified atom stereocenters. The number of nitrogens with zero attached hydrogens (tertiary/aromatic N) is 1. The monoisotopic (exact) mass is 516 g/mol. The first kappa shape index (κ1) is 25.9. The van der Waals surface area contributed by atoms with Crippen molar-refractivity contribution in [2.24, 2.45) is 0 Å². The van der Waals surface area contributed by atoms with Gasteiger partial charge in [-0.2, -0.15) is 0 Å². The number of amides is 2. The van der Waals surface area contributed by atoms with E-state index in [1.807, 2.05) is 24.3 Å². The molecule has 36 heavy (non-hydrogen) atoms. The molecule has 4 rings (SSSR count).